The monoisotopic (exact) mass is 308 g/mol. The normalized spacial score (nSPS) is 26.4. The third-order valence-electron chi connectivity index (χ3n) is 2.09. The number of rotatable bonds is 2. The van der Waals surface area contributed by atoms with Crippen molar-refractivity contribution in [2.24, 2.45) is 5.41 Å². The van der Waals surface area contributed by atoms with E-state index in [1.54, 1.807) is 6.08 Å². The second-order valence-electron chi connectivity index (χ2n) is 3.40. The van der Waals surface area contributed by atoms with Crippen LogP contribution in [0.3, 0.4) is 0 Å². The standard InChI is InChI=1S/C9H9IO4/c1-9(8(13)14)3-5(7(11)12)2-6(10)4-9/h2,4H,3H2,1H3,(H,11,12)(H,13,14). The van der Waals surface area contributed by atoms with Gasteiger partial charge in [-0.15, -0.1) is 0 Å². The van der Waals surface area contributed by atoms with Crippen LogP contribution in [0.5, 0.6) is 0 Å². The highest BCUT2D eigenvalue weighted by Crippen LogP contribution is 2.36. The van der Waals surface area contributed by atoms with Crippen molar-refractivity contribution in [1.82, 2.24) is 0 Å². The minimum Gasteiger partial charge on any atom is -0.481 e. The summed E-state index contributed by atoms with van der Waals surface area (Å²) < 4.78 is 0.649. The van der Waals surface area contributed by atoms with Gasteiger partial charge in [0.1, 0.15) is 0 Å². The first-order valence-electron chi connectivity index (χ1n) is 3.91. The van der Waals surface area contributed by atoms with E-state index < -0.39 is 17.4 Å². The van der Waals surface area contributed by atoms with Crippen LogP contribution >= 0.6 is 22.6 Å². The van der Waals surface area contributed by atoms with E-state index in [9.17, 15) is 9.59 Å². The zero-order valence-electron chi connectivity index (χ0n) is 7.45. The van der Waals surface area contributed by atoms with Gasteiger partial charge in [0.15, 0.2) is 0 Å². The van der Waals surface area contributed by atoms with Crippen LogP contribution in [0.25, 0.3) is 0 Å². The van der Waals surface area contributed by atoms with Crippen LogP contribution < -0.4 is 0 Å². The van der Waals surface area contributed by atoms with Crippen LogP contribution in [0.1, 0.15) is 13.3 Å². The zero-order valence-corrected chi connectivity index (χ0v) is 9.61. The van der Waals surface area contributed by atoms with Crippen molar-refractivity contribution in [3.63, 3.8) is 0 Å². The minimum absolute atomic E-state index is 0.0319. The van der Waals surface area contributed by atoms with Crippen molar-refractivity contribution in [1.29, 1.82) is 0 Å². The number of carbonyl (C=O) groups is 2. The van der Waals surface area contributed by atoms with Gasteiger partial charge in [0.2, 0.25) is 0 Å². The Balaban J connectivity index is 3.08. The molecule has 0 radical (unpaired) electrons. The minimum atomic E-state index is -1.10. The molecule has 4 nitrogen and oxygen atoms in total. The molecule has 1 rings (SSSR count). The Kier molecular flexibility index (Phi) is 2.98. The van der Waals surface area contributed by atoms with Crippen LogP contribution in [0.4, 0.5) is 0 Å². The topological polar surface area (TPSA) is 74.6 Å². The van der Waals surface area contributed by atoms with Gasteiger partial charge < -0.3 is 10.2 Å². The van der Waals surface area contributed by atoms with Gasteiger partial charge in [-0.3, -0.25) is 4.79 Å². The van der Waals surface area contributed by atoms with Crippen molar-refractivity contribution in [3.8, 4) is 0 Å². The van der Waals surface area contributed by atoms with Crippen molar-refractivity contribution < 1.29 is 19.8 Å². The number of aliphatic carboxylic acids is 2. The van der Waals surface area contributed by atoms with Crippen LogP contribution in [0.2, 0.25) is 0 Å². The Morgan fingerprint density at radius 3 is 2.50 bits per heavy atom. The summed E-state index contributed by atoms with van der Waals surface area (Å²) in [6.45, 7) is 1.52. The quantitative estimate of drug-likeness (QED) is 0.763. The van der Waals surface area contributed by atoms with Gasteiger partial charge in [-0.25, -0.2) is 4.79 Å². The molecule has 0 saturated carbocycles. The van der Waals surface area contributed by atoms with Crippen molar-refractivity contribution in [2.45, 2.75) is 13.3 Å². The molecule has 1 unspecified atom stereocenters. The molecule has 1 aliphatic rings. The Labute approximate surface area is 94.4 Å². The highest BCUT2D eigenvalue weighted by molar-refractivity contribution is 14.1. The second-order valence-corrected chi connectivity index (χ2v) is 4.65. The summed E-state index contributed by atoms with van der Waals surface area (Å²) in [4.78, 5) is 21.6. The van der Waals surface area contributed by atoms with E-state index >= 15 is 0 Å². The summed E-state index contributed by atoms with van der Waals surface area (Å²) in [5.41, 5.74) is -0.958. The van der Waals surface area contributed by atoms with Gasteiger partial charge in [-0.1, -0.05) is 6.08 Å². The fourth-order valence-corrected chi connectivity index (χ4v) is 2.35. The van der Waals surface area contributed by atoms with E-state index in [2.05, 4.69) is 0 Å². The molecule has 0 amide bonds. The Morgan fingerprint density at radius 2 is 2.07 bits per heavy atom. The first kappa shape index (κ1) is 11.2. The van der Waals surface area contributed by atoms with Crippen LogP contribution in [-0.2, 0) is 9.59 Å². The molecule has 14 heavy (non-hydrogen) atoms. The maximum atomic E-state index is 10.9. The first-order chi connectivity index (χ1) is 6.35. The predicted octanol–water partition coefficient (Wildman–Crippen LogP) is 1.81. The molecular weight excluding hydrogens is 299 g/mol. The van der Waals surface area contributed by atoms with E-state index in [4.69, 9.17) is 10.2 Å². The number of allylic oxidation sites excluding steroid dienone is 2. The van der Waals surface area contributed by atoms with Gasteiger partial charge in [0.25, 0.3) is 0 Å². The van der Waals surface area contributed by atoms with Gasteiger partial charge in [0.05, 0.1) is 5.41 Å². The molecule has 0 spiro atoms. The summed E-state index contributed by atoms with van der Waals surface area (Å²) in [5, 5.41) is 17.7. The van der Waals surface area contributed by atoms with E-state index in [1.807, 2.05) is 22.6 Å². The molecule has 0 aromatic rings. The summed E-state index contributed by atoms with van der Waals surface area (Å²) >= 11 is 1.92. The van der Waals surface area contributed by atoms with Crippen molar-refractivity contribution in [3.05, 3.63) is 21.3 Å². The fraction of sp³-hybridized carbons (Fsp3) is 0.333. The SMILES string of the molecule is CC1(C(=O)O)C=C(I)C=C(C(=O)O)C1. The van der Waals surface area contributed by atoms with Crippen molar-refractivity contribution in [2.75, 3.05) is 0 Å². The maximum Gasteiger partial charge on any atom is 0.331 e. The van der Waals surface area contributed by atoms with Gasteiger partial charge in [-0.05, 0) is 42.0 Å². The highest BCUT2D eigenvalue weighted by atomic mass is 127. The van der Waals surface area contributed by atoms with E-state index in [1.165, 1.54) is 13.0 Å². The Hall–Kier alpha value is -0.850. The highest BCUT2D eigenvalue weighted by Gasteiger charge is 2.36. The lowest BCUT2D eigenvalue weighted by Crippen LogP contribution is -2.29. The second kappa shape index (κ2) is 3.72. The average molecular weight is 308 g/mol. The average Bonchev–Trinajstić information content (AvgIpc) is 2.02. The number of hydrogen-bond donors (Lipinski definition) is 2. The summed E-state index contributed by atoms with van der Waals surface area (Å²) in [5.74, 6) is -2.06. The lowest BCUT2D eigenvalue weighted by atomic mass is 9.80. The van der Waals surface area contributed by atoms with Gasteiger partial charge in [0, 0.05) is 9.15 Å². The number of halogens is 1. The van der Waals surface area contributed by atoms with Crippen LogP contribution in [0, 0.1) is 5.41 Å². The summed E-state index contributed by atoms with van der Waals surface area (Å²) in [6.07, 6.45) is 3.10. The van der Waals surface area contributed by atoms with Crippen LogP contribution in [-0.4, -0.2) is 22.2 Å². The number of hydrogen-bond acceptors (Lipinski definition) is 2. The van der Waals surface area contributed by atoms with E-state index in [0.717, 1.165) is 0 Å². The third-order valence-corrected chi connectivity index (χ3v) is 2.71. The zero-order chi connectivity index (χ0) is 10.9. The molecule has 5 heteroatoms. The first-order valence-corrected chi connectivity index (χ1v) is 4.99. The van der Waals surface area contributed by atoms with E-state index in [0.29, 0.717) is 3.58 Å². The fourth-order valence-electron chi connectivity index (χ4n) is 1.28. The number of carboxylic acids is 2. The van der Waals surface area contributed by atoms with Crippen molar-refractivity contribution >= 4 is 34.5 Å². The molecule has 76 valence electrons. The van der Waals surface area contributed by atoms with Crippen LogP contribution in [0.15, 0.2) is 21.3 Å². The van der Waals surface area contributed by atoms with E-state index in [-0.39, 0.29) is 12.0 Å². The number of carboxylic acid groups (broad SMARTS) is 2. The smallest absolute Gasteiger partial charge is 0.331 e. The third kappa shape index (κ3) is 2.14. The summed E-state index contributed by atoms with van der Waals surface area (Å²) in [7, 11) is 0. The maximum absolute atomic E-state index is 10.9. The molecule has 0 aromatic carbocycles. The lowest BCUT2D eigenvalue weighted by Gasteiger charge is -2.24. The van der Waals surface area contributed by atoms with Gasteiger partial charge in [-0.2, -0.15) is 0 Å². The molecule has 0 heterocycles. The summed E-state index contributed by atoms with van der Waals surface area (Å²) in [6, 6.07) is 0. The van der Waals surface area contributed by atoms with Gasteiger partial charge >= 0.3 is 11.9 Å². The molecule has 0 aromatic heterocycles. The Bertz CT molecular complexity index is 356. The largest absolute Gasteiger partial charge is 0.481 e. The molecule has 1 aliphatic carbocycles. The molecule has 0 fully saturated rings. The molecular formula is C9H9IO4. The lowest BCUT2D eigenvalue weighted by molar-refractivity contribution is -0.145. The molecule has 1 atom stereocenters. The molecule has 2 N–H and O–H groups in total. The molecule has 0 saturated heterocycles. The molecule has 0 bridgehead atoms. The Morgan fingerprint density at radius 1 is 1.50 bits per heavy atom. The molecule has 0 aliphatic heterocycles. The predicted molar refractivity (Wildman–Crippen MR) is 58.2 cm³/mol.